The highest BCUT2D eigenvalue weighted by atomic mass is 16.3. The van der Waals surface area contributed by atoms with Gasteiger partial charge in [0.05, 0.1) is 6.10 Å². The maximum absolute atomic E-state index is 10.1. The smallest absolute Gasteiger partial charge is 0.0617 e. The van der Waals surface area contributed by atoms with Crippen molar-refractivity contribution in [1.29, 1.82) is 0 Å². The largest absolute Gasteiger partial charge is 0.392 e. The van der Waals surface area contributed by atoms with E-state index in [-0.39, 0.29) is 16.9 Å². The lowest BCUT2D eigenvalue weighted by atomic mass is 9.66. The van der Waals surface area contributed by atoms with Gasteiger partial charge in [0.25, 0.3) is 0 Å². The quantitative estimate of drug-likeness (QED) is 0.780. The number of aliphatic hydroxyl groups excluding tert-OH is 1. The molecule has 2 aliphatic rings. The maximum atomic E-state index is 10.1. The fourth-order valence-corrected chi connectivity index (χ4v) is 3.83. The van der Waals surface area contributed by atoms with E-state index >= 15 is 0 Å². The van der Waals surface area contributed by atoms with Crippen LogP contribution in [0.2, 0.25) is 0 Å². The van der Waals surface area contributed by atoms with E-state index in [2.05, 4.69) is 57.2 Å². The molecule has 2 bridgehead atoms. The Balaban J connectivity index is 2.11. The lowest BCUT2D eigenvalue weighted by Crippen LogP contribution is -2.29. The molecule has 1 nitrogen and oxygen atoms in total. The third-order valence-corrected chi connectivity index (χ3v) is 5.31. The standard InChI is InChI=1S/C16H20O/c1-15(2)13-9-12(11-7-5-4-6-8-11)16(15,3)10-14(13)17/h4-9,13-14,17H,10H2,1-3H3/t13-,14-,16+/m0/s1. The van der Waals surface area contributed by atoms with E-state index in [1.54, 1.807) is 0 Å². The summed E-state index contributed by atoms with van der Waals surface area (Å²) >= 11 is 0. The number of rotatable bonds is 1. The number of hydrogen-bond donors (Lipinski definition) is 1. The van der Waals surface area contributed by atoms with Crippen molar-refractivity contribution in [3.05, 3.63) is 42.0 Å². The average Bonchev–Trinajstić information content (AvgIpc) is 2.58. The Bertz CT molecular complexity index is 472. The van der Waals surface area contributed by atoms with Crippen molar-refractivity contribution < 1.29 is 5.11 Å². The van der Waals surface area contributed by atoms with Gasteiger partial charge in [0, 0.05) is 11.3 Å². The van der Waals surface area contributed by atoms with Gasteiger partial charge in [-0.1, -0.05) is 57.2 Å². The number of aliphatic hydroxyl groups is 1. The minimum Gasteiger partial charge on any atom is -0.392 e. The van der Waals surface area contributed by atoms with Crippen molar-refractivity contribution >= 4 is 5.57 Å². The highest BCUT2D eigenvalue weighted by Gasteiger charge is 2.61. The highest BCUT2D eigenvalue weighted by Crippen LogP contribution is 2.67. The van der Waals surface area contributed by atoms with Crippen molar-refractivity contribution in [1.82, 2.24) is 0 Å². The highest BCUT2D eigenvalue weighted by molar-refractivity contribution is 5.75. The molecule has 17 heavy (non-hydrogen) atoms. The first-order valence-electron chi connectivity index (χ1n) is 6.42. The molecule has 1 N–H and O–H groups in total. The van der Waals surface area contributed by atoms with Gasteiger partial charge in [0.2, 0.25) is 0 Å². The Morgan fingerprint density at radius 1 is 1.12 bits per heavy atom. The number of allylic oxidation sites excluding steroid dienone is 1. The van der Waals surface area contributed by atoms with Gasteiger partial charge < -0.3 is 5.11 Å². The second-order valence-electron chi connectivity index (χ2n) is 6.30. The van der Waals surface area contributed by atoms with Crippen LogP contribution >= 0.6 is 0 Å². The molecule has 1 fully saturated rings. The van der Waals surface area contributed by atoms with Gasteiger partial charge in [0.1, 0.15) is 0 Å². The van der Waals surface area contributed by atoms with Crippen LogP contribution in [0, 0.1) is 16.7 Å². The second-order valence-corrected chi connectivity index (χ2v) is 6.30. The second kappa shape index (κ2) is 3.23. The number of benzene rings is 1. The summed E-state index contributed by atoms with van der Waals surface area (Å²) in [5.74, 6) is 0.308. The first kappa shape index (κ1) is 11.0. The van der Waals surface area contributed by atoms with Crippen molar-refractivity contribution in [2.75, 3.05) is 0 Å². The Morgan fingerprint density at radius 2 is 1.76 bits per heavy atom. The molecule has 0 radical (unpaired) electrons. The Morgan fingerprint density at radius 3 is 2.24 bits per heavy atom. The molecular formula is C16H20O. The van der Waals surface area contributed by atoms with E-state index in [1.165, 1.54) is 11.1 Å². The van der Waals surface area contributed by atoms with Crippen molar-refractivity contribution in [2.45, 2.75) is 33.3 Å². The van der Waals surface area contributed by atoms with Crippen molar-refractivity contribution in [3.63, 3.8) is 0 Å². The molecular weight excluding hydrogens is 208 g/mol. The molecule has 0 heterocycles. The zero-order valence-electron chi connectivity index (χ0n) is 10.8. The fraction of sp³-hybridized carbons (Fsp3) is 0.500. The summed E-state index contributed by atoms with van der Waals surface area (Å²) in [5.41, 5.74) is 3.02. The minimum atomic E-state index is -0.164. The maximum Gasteiger partial charge on any atom is 0.0617 e. The molecule has 1 heteroatoms. The lowest BCUT2D eigenvalue weighted by Gasteiger charge is -2.37. The van der Waals surface area contributed by atoms with Gasteiger partial charge >= 0.3 is 0 Å². The molecule has 1 aromatic rings. The molecule has 0 aromatic heterocycles. The van der Waals surface area contributed by atoms with Crippen LogP contribution in [-0.2, 0) is 0 Å². The summed E-state index contributed by atoms with van der Waals surface area (Å²) in [6.45, 7) is 6.89. The summed E-state index contributed by atoms with van der Waals surface area (Å²) < 4.78 is 0. The van der Waals surface area contributed by atoms with E-state index in [1.807, 2.05) is 0 Å². The zero-order valence-corrected chi connectivity index (χ0v) is 10.8. The molecule has 3 rings (SSSR count). The molecule has 90 valence electrons. The topological polar surface area (TPSA) is 20.2 Å². The van der Waals surface area contributed by atoms with Crippen LogP contribution < -0.4 is 0 Å². The summed E-state index contributed by atoms with van der Waals surface area (Å²) in [6, 6.07) is 10.6. The summed E-state index contributed by atoms with van der Waals surface area (Å²) in [7, 11) is 0. The van der Waals surface area contributed by atoms with Gasteiger partial charge in [-0.15, -0.1) is 0 Å². The van der Waals surface area contributed by atoms with Crippen LogP contribution in [-0.4, -0.2) is 11.2 Å². The predicted octanol–water partition coefficient (Wildman–Crippen LogP) is 3.50. The van der Waals surface area contributed by atoms with Gasteiger partial charge in [-0.2, -0.15) is 0 Å². The molecule has 3 atom stereocenters. The molecule has 1 aromatic carbocycles. The zero-order chi connectivity index (χ0) is 12.3. The van der Waals surface area contributed by atoms with E-state index in [9.17, 15) is 5.11 Å². The average molecular weight is 228 g/mol. The van der Waals surface area contributed by atoms with Crippen molar-refractivity contribution in [3.8, 4) is 0 Å². The third-order valence-electron chi connectivity index (χ3n) is 5.31. The number of fused-ring (bicyclic) bond motifs is 2. The Hall–Kier alpha value is -1.08. The summed E-state index contributed by atoms with van der Waals surface area (Å²) in [5, 5.41) is 10.1. The summed E-state index contributed by atoms with van der Waals surface area (Å²) in [6.07, 6.45) is 3.04. The van der Waals surface area contributed by atoms with E-state index in [4.69, 9.17) is 0 Å². The van der Waals surface area contributed by atoms with Crippen LogP contribution in [0.1, 0.15) is 32.8 Å². The van der Waals surface area contributed by atoms with Gasteiger partial charge in [0.15, 0.2) is 0 Å². The molecule has 2 aliphatic carbocycles. The Kier molecular flexibility index (Phi) is 2.10. The third kappa shape index (κ3) is 1.23. The van der Waals surface area contributed by atoms with Crippen molar-refractivity contribution in [2.24, 2.45) is 16.7 Å². The van der Waals surface area contributed by atoms with Gasteiger partial charge in [-0.3, -0.25) is 0 Å². The van der Waals surface area contributed by atoms with E-state index < -0.39 is 0 Å². The van der Waals surface area contributed by atoms with Gasteiger partial charge in [-0.25, -0.2) is 0 Å². The van der Waals surface area contributed by atoms with Crippen LogP contribution in [0.4, 0.5) is 0 Å². The number of hydrogen-bond acceptors (Lipinski definition) is 1. The van der Waals surface area contributed by atoms with E-state index in [0.29, 0.717) is 5.92 Å². The molecule has 0 unspecified atom stereocenters. The predicted molar refractivity (Wildman–Crippen MR) is 70.4 cm³/mol. The van der Waals surface area contributed by atoms with Crippen LogP contribution in [0.5, 0.6) is 0 Å². The van der Waals surface area contributed by atoms with Crippen LogP contribution in [0.3, 0.4) is 0 Å². The van der Waals surface area contributed by atoms with E-state index in [0.717, 1.165) is 6.42 Å². The van der Waals surface area contributed by atoms with Crippen LogP contribution in [0.25, 0.3) is 5.57 Å². The van der Waals surface area contributed by atoms with Crippen LogP contribution in [0.15, 0.2) is 36.4 Å². The monoisotopic (exact) mass is 228 g/mol. The first-order chi connectivity index (χ1) is 7.97. The molecule has 0 saturated heterocycles. The fourth-order valence-electron chi connectivity index (χ4n) is 3.83. The summed E-state index contributed by atoms with van der Waals surface area (Å²) in [4.78, 5) is 0. The molecule has 0 amide bonds. The molecule has 0 spiro atoms. The Labute approximate surface area is 103 Å². The molecule has 0 aliphatic heterocycles. The molecule has 1 saturated carbocycles. The first-order valence-corrected chi connectivity index (χ1v) is 6.42. The lowest BCUT2D eigenvalue weighted by molar-refractivity contribution is 0.123. The SMILES string of the molecule is CC1(C)[C@H]2C=C(c3ccccc3)[C@@]1(C)C[C@@H]2O. The van der Waals surface area contributed by atoms with Gasteiger partial charge in [-0.05, 0) is 23.0 Å². The minimum absolute atomic E-state index is 0.110. The normalized spacial score (nSPS) is 38.2.